The topological polar surface area (TPSA) is 9.23 Å². The van der Waals surface area contributed by atoms with Gasteiger partial charge in [0.15, 0.2) is 11.6 Å². The van der Waals surface area contributed by atoms with Crippen molar-refractivity contribution < 1.29 is 26.7 Å². The van der Waals surface area contributed by atoms with Crippen molar-refractivity contribution in [2.75, 3.05) is 0 Å². The van der Waals surface area contributed by atoms with E-state index in [1.807, 2.05) is 6.92 Å². The molecule has 1 aromatic rings. The summed E-state index contributed by atoms with van der Waals surface area (Å²) in [6.07, 6.45) is 7.72. The molecule has 0 aromatic heterocycles. The minimum Gasteiger partial charge on any atom is -0.399 e. The van der Waals surface area contributed by atoms with Gasteiger partial charge in [-0.1, -0.05) is 18.6 Å². The SMILES string of the molecule is C/C=C/CCC1CCC2CC(c3cc(F)c(OC(F)(F)F)c(F)c3)CCC2C1. The maximum atomic E-state index is 14.1. The van der Waals surface area contributed by atoms with Crippen LogP contribution in [-0.4, -0.2) is 6.36 Å². The molecule has 2 aliphatic rings. The summed E-state index contributed by atoms with van der Waals surface area (Å²) in [5.74, 6) is -2.01. The molecule has 0 amide bonds. The van der Waals surface area contributed by atoms with Crippen LogP contribution in [0.5, 0.6) is 5.75 Å². The second-order valence-electron chi connectivity index (χ2n) is 8.22. The zero-order valence-electron chi connectivity index (χ0n) is 16.1. The summed E-state index contributed by atoms with van der Waals surface area (Å²) in [4.78, 5) is 0. The molecule has 3 rings (SSSR count). The first-order chi connectivity index (χ1) is 13.3. The maximum Gasteiger partial charge on any atom is 0.573 e. The summed E-state index contributed by atoms with van der Waals surface area (Å²) < 4.78 is 68.5. The van der Waals surface area contributed by atoms with Crippen molar-refractivity contribution >= 4 is 0 Å². The highest BCUT2D eigenvalue weighted by Gasteiger charge is 2.37. The molecule has 0 saturated heterocycles. The van der Waals surface area contributed by atoms with Gasteiger partial charge < -0.3 is 4.74 Å². The Kier molecular flexibility index (Phi) is 6.66. The van der Waals surface area contributed by atoms with Gasteiger partial charge in [0.2, 0.25) is 5.75 Å². The molecular formula is C22H27F5O. The fourth-order valence-electron chi connectivity index (χ4n) is 5.08. The number of halogens is 5. The van der Waals surface area contributed by atoms with Crippen molar-refractivity contribution in [3.05, 3.63) is 41.5 Å². The van der Waals surface area contributed by atoms with Crippen LogP contribution < -0.4 is 4.74 Å². The predicted octanol–water partition coefficient (Wildman–Crippen LogP) is 7.52. The van der Waals surface area contributed by atoms with Crippen LogP contribution in [0, 0.1) is 29.4 Å². The van der Waals surface area contributed by atoms with Gasteiger partial charge in [0.05, 0.1) is 0 Å². The number of fused-ring (bicyclic) bond motifs is 1. The fraction of sp³-hybridized carbons (Fsp3) is 0.636. The number of hydrogen-bond donors (Lipinski definition) is 0. The third kappa shape index (κ3) is 5.26. The Morgan fingerprint density at radius 3 is 2.29 bits per heavy atom. The second kappa shape index (κ2) is 8.83. The largest absolute Gasteiger partial charge is 0.573 e. The standard InChI is InChI=1S/C22H27F5O/c1-2-3-4-5-14-6-7-16-11-17(9-8-15(16)10-14)18-12-19(23)21(20(24)13-18)28-22(25,26)27/h2-3,12-17H,4-11H2,1H3/b3-2+. The third-order valence-corrected chi connectivity index (χ3v) is 6.41. The van der Waals surface area contributed by atoms with E-state index in [0.29, 0.717) is 17.4 Å². The lowest BCUT2D eigenvalue weighted by Crippen LogP contribution is -2.30. The second-order valence-corrected chi connectivity index (χ2v) is 8.22. The number of benzene rings is 1. The quantitative estimate of drug-likeness (QED) is 0.366. The molecule has 2 saturated carbocycles. The van der Waals surface area contributed by atoms with E-state index in [1.165, 1.54) is 19.3 Å². The van der Waals surface area contributed by atoms with Crippen LogP contribution in [0.1, 0.15) is 69.8 Å². The van der Waals surface area contributed by atoms with Crippen molar-refractivity contribution in [2.24, 2.45) is 17.8 Å². The van der Waals surface area contributed by atoms with E-state index in [0.717, 1.165) is 50.2 Å². The average molecular weight is 402 g/mol. The zero-order valence-corrected chi connectivity index (χ0v) is 16.1. The smallest absolute Gasteiger partial charge is 0.399 e. The Balaban J connectivity index is 1.63. The molecule has 156 valence electrons. The van der Waals surface area contributed by atoms with Gasteiger partial charge in [-0.05, 0) is 93.2 Å². The summed E-state index contributed by atoms with van der Waals surface area (Å²) in [6.45, 7) is 2.03. The summed E-state index contributed by atoms with van der Waals surface area (Å²) in [7, 11) is 0. The minimum absolute atomic E-state index is 0.00948. The van der Waals surface area contributed by atoms with E-state index < -0.39 is 23.7 Å². The Labute approximate surface area is 163 Å². The molecule has 0 radical (unpaired) electrons. The first-order valence-corrected chi connectivity index (χ1v) is 10.1. The highest BCUT2D eigenvalue weighted by Crippen LogP contribution is 2.48. The molecule has 0 spiro atoms. The van der Waals surface area contributed by atoms with Crippen LogP contribution >= 0.6 is 0 Å². The molecule has 0 N–H and O–H groups in total. The lowest BCUT2D eigenvalue weighted by atomic mass is 9.63. The molecule has 0 aliphatic heterocycles. The van der Waals surface area contributed by atoms with Crippen molar-refractivity contribution in [1.82, 2.24) is 0 Å². The zero-order chi connectivity index (χ0) is 20.3. The molecule has 2 fully saturated rings. The van der Waals surface area contributed by atoms with E-state index in [2.05, 4.69) is 16.9 Å². The van der Waals surface area contributed by atoms with Crippen LogP contribution in [0.25, 0.3) is 0 Å². The van der Waals surface area contributed by atoms with Crippen molar-refractivity contribution in [1.29, 1.82) is 0 Å². The Bertz CT molecular complexity index is 674. The third-order valence-electron chi connectivity index (χ3n) is 6.41. The fourth-order valence-corrected chi connectivity index (χ4v) is 5.08. The normalized spacial score (nSPS) is 28.4. The first-order valence-electron chi connectivity index (χ1n) is 10.1. The molecule has 1 aromatic carbocycles. The number of ether oxygens (including phenoxy) is 1. The van der Waals surface area contributed by atoms with E-state index in [9.17, 15) is 22.0 Å². The Morgan fingerprint density at radius 2 is 1.64 bits per heavy atom. The van der Waals surface area contributed by atoms with Crippen LogP contribution in [-0.2, 0) is 0 Å². The molecule has 1 nitrogen and oxygen atoms in total. The predicted molar refractivity (Wildman–Crippen MR) is 98.0 cm³/mol. The lowest BCUT2D eigenvalue weighted by Gasteiger charge is -2.42. The number of allylic oxidation sites excluding steroid dienone is 2. The van der Waals surface area contributed by atoms with Gasteiger partial charge in [-0.2, -0.15) is 0 Å². The molecule has 4 unspecified atom stereocenters. The average Bonchev–Trinajstić information content (AvgIpc) is 2.63. The van der Waals surface area contributed by atoms with E-state index in [4.69, 9.17) is 0 Å². The first kappa shape index (κ1) is 21.1. The lowest BCUT2D eigenvalue weighted by molar-refractivity contribution is -0.276. The molecule has 0 heterocycles. The van der Waals surface area contributed by atoms with Gasteiger partial charge in [-0.15, -0.1) is 13.2 Å². The van der Waals surface area contributed by atoms with Crippen LogP contribution in [0.4, 0.5) is 22.0 Å². The number of alkyl halides is 3. The molecule has 2 aliphatic carbocycles. The van der Waals surface area contributed by atoms with Gasteiger partial charge in [-0.3, -0.25) is 0 Å². The monoisotopic (exact) mass is 402 g/mol. The highest BCUT2D eigenvalue weighted by molar-refractivity contribution is 5.33. The summed E-state index contributed by atoms with van der Waals surface area (Å²) in [5, 5.41) is 0. The van der Waals surface area contributed by atoms with Crippen LogP contribution in [0.15, 0.2) is 24.3 Å². The Hall–Kier alpha value is -1.59. The number of rotatable bonds is 5. The molecule has 6 heteroatoms. The molecule has 0 bridgehead atoms. The van der Waals surface area contributed by atoms with Crippen molar-refractivity contribution in [3.8, 4) is 5.75 Å². The summed E-state index contributed by atoms with van der Waals surface area (Å²) in [6, 6.07) is 2.02. The molecular weight excluding hydrogens is 375 g/mol. The Morgan fingerprint density at radius 1 is 1.00 bits per heavy atom. The van der Waals surface area contributed by atoms with Gasteiger partial charge in [0, 0.05) is 0 Å². The van der Waals surface area contributed by atoms with Gasteiger partial charge >= 0.3 is 6.36 Å². The molecule has 28 heavy (non-hydrogen) atoms. The van der Waals surface area contributed by atoms with E-state index in [-0.39, 0.29) is 5.92 Å². The van der Waals surface area contributed by atoms with E-state index >= 15 is 0 Å². The molecule has 4 atom stereocenters. The van der Waals surface area contributed by atoms with Gasteiger partial charge in [-0.25, -0.2) is 8.78 Å². The summed E-state index contributed by atoms with van der Waals surface area (Å²) >= 11 is 0. The van der Waals surface area contributed by atoms with Crippen LogP contribution in [0.3, 0.4) is 0 Å². The van der Waals surface area contributed by atoms with Gasteiger partial charge in [0.1, 0.15) is 0 Å². The highest BCUT2D eigenvalue weighted by atomic mass is 19.4. The van der Waals surface area contributed by atoms with E-state index in [1.54, 1.807) is 0 Å². The minimum atomic E-state index is -5.12. The van der Waals surface area contributed by atoms with Crippen molar-refractivity contribution in [2.45, 2.75) is 70.6 Å². The van der Waals surface area contributed by atoms with Crippen LogP contribution in [0.2, 0.25) is 0 Å². The summed E-state index contributed by atoms with van der Waals surface area (Å²) in [5.41, 5.74) is 0.443. The van der Waals surface area contributed by atoms with Crippen molar-refractivity contribution in [3.63, 3.8) is 0 Å². The number of hydrogen-bond acceptors (Lipinski definition) is 1. The maximum absolute atomic E-state index is 14.1. The van der Waals surface area contributed by atoms with Gasteiger partial charge in [0.25, 0.3) is 0 Å².